The third-order valence-electron chi connectivity index (χ3n) is 8.12. The van der Waals surface area contributed by atoms with E-state index in [-0.39, 0.29) is 12.5 Å². The van der Waals surface area contributed by atoms with Crippen molar-refractivity contribution in [2.24, 2.45) is 0 Å². The monoisotopic (exact) mass is 601 g/mol. The van der Waals surface area contributed by atoms with Crippen molar-refractivity contribution in [1.29, 1.82) is 0 Å². The number of nitrogens with one attached hydrogen (secondary N) is 1. The maximum atomic E-state index is 12.7. The van der Waals surface area contributed by atoms with Gasteiger partial charge in [0.2, 0.25) is 5.91 Å². The van der Waals surface area contributed by atoms with Crippen LogP contribution in [0.5, 0.6) is 0 Å². The number of ether oxygens (including phenoxy) is 2. The normalized spacial score (nSPS) is 24.2. The van der Waals surface area contributed by atoms with Crippen LogP contribution in [0.1, 0.15) is 136 Å². The van der Waals surface area contributed by atoms with Crippen molar-refractivity contribution in [2.75, 3.05) is 13.2 Å². The molecular weight excluding hydrogens is 538 g/mol. The predicted octanol–water partition coefficient (Wildman–Crippen LogP) is 4.66. The fourth-order valence-corrected chi connectivity index (χ4v) is 5.27. The molecule has 9 nitrogen and oxygen atoms in total. The Morgan fingerprint density at radius 1 is 0.786 bits per heavy atom. The van der Waals surface area contributed by atoms with Crippen molar-refractivity contribution in [2.45, 2.75) is 179 Å². The van der Waals surface area contributed by atoms with Gasteiger partial charge in [0.05, 0.1) is 25.4 Å². The van der Waals surface area contributed by atoms with Crippen molar-refractivity contribution < 1.29 is 39.8 Å². The zero-order valence-electron chi connectivity index (χ0n) is 26.5. The van der Waals surface area contributed by atoms with Gasteiger partial charge in [0, 0.05) is 6.42 Å². The molecule has 248 valence electrons. The van der Waals surface area contributed by atoms with E-state index in [0.29, 0.717) is 12.8 Å². The maximum Gasteiger partial charge on any atom is 0.220 e. The van der Waals surface area contributed by atoms with Crippen LogP contribution in [0.3, 0.4) is 0 Å². The summed E-state index contributed by atoms with van der Waals surface area (Å²) in [4.78, 5) is 12.7. The number of unbranched alkanes of at least 4 members (excludes halogenated alkanes) is 14. The summed E-state index contributed by atoms with van der Waals surface area (Å²) in [7, 11) is 0. The molecule has 0 aliphatic carbocycles. The van der Waals surface area contributed by atoms with E-state index >= 15 is 0 Å². The van der Waals surface area contributed by atoms with E-state index in [4.69, 9.17) is 9.47 Å². The van der Waals surface area contributed by atoms with Crippen LogP contribution in [0.4, 0.5) is 0 Å². The number of carbonyl (C=O) groups excluding carboxylic acids is 1. The van der Waals surface area contributed by atoms with E-state index in [1.807, 2.05) is 0 Å². The van der Waals surface area contributed by atoms with Crippen LogP contribution in [0.15, 0.2) is 12.2 Å². The van der Waals surface area contributed by atoms with Gasteiger partial charge >= 0.3 is 0 Å². The molecule has 2 unspecified atom stereocenters. The molecule has 0 radical (unpaired) electrons. The molecule has 0 aromatic heterocycles. The average Bonchev–Trinajstić information content (AvgIpc) is 2.98. The van der Waals surface area contributed by atoms with Crippen LogP contribution in [0.2, 0.25) is 0 Å². The maximum absolute atomic E-state index is 12.7. The van der Waals surface area contributed by atoms with E-state index in [1.165, 1.54) is 64.2 Å². The predicted molar refractivity (Wildman–Crippen MR) is 166 cm³/mol. The van der Waals surface area contributed by atoms with Crippen molar-refractivity contribution in [1.82, 2.24) is 5.32 Å². The first-order valence-electron chi connectivity index (χ1n) is 16.9. The molecule has 42 heavy (non-hydrogen) atoms. The second-order valence-corrected chi connectivity index (χ2v) is 12.0. The fourth-order valence-electron chi connectivity index (χ4n) is 5.27. The van der Waals surface area contributed by atoms with E-state index in [1.54, 1.807) is 0 Å². The van der Waals surface area contributed by atoms with Crippen LogP contribution < -0.4 is 5.32 Å². The molecule has 1 rings (SSSR count). The molecule has 0 aromatic rings. The number of aliphatic hydroxyl groups excluding tert-OH is 5. The number of hydrogen-bond donors (Lipinski definition) is 6. The third kappa shape index (κ3) is 17.3. The smallest absolute Gasteiger partial charge is 0.220 e. The summed E-state index contributed by atoms with van der Waals surface area (Å²) in [6.45, 7) is 3.71. The highest BCUT2D eigenvalue weighted by Gasteiger charge is 2.44. The van der Waals surface area contributed by atoms with E-state index in [2.05, 4.69) is 31.3 Å². The topological polar surface area (TPSA) is 149 Å². The molecule has 0 aromatic carbocycles. The van der Waals surface area contributed by atoms with E-state index < -0.39 is 49.5 Å². The molecule has 0 spiro atoms. The Kier molecular flexibility index (Phi) is 23.4. The van der Waals surface area contributed by atoms with Crippen LogP contribution in [-0.2, 0) is 14.3 Å². The number of hydrogen-bond acceptors (Lipinski definition) is 8. The summed E-state index contributed by atoms with van der Waals surface area (Å²) in [5, 5.41) is 53.7. The molecule has 1 amide bonds. The number of aliphatic hydroxyl groups is 5. The molecule has 1 heterocycles. The minimum atomic E-state index is -1.55. The molecule has 7 atom stereocenters. The Morgan fingerprint density at radius 2 is 1.33 bits per heavy atom. The highest BCUT2D eigenvalue weighted by atomic mass is 16.7. The number of rotatable bonds is 26. The highest BCUT2D eigenvalue weighted by molar-refractivity contribution is 5.76. The number of carbonyl (C=O) groups is 1. The number of amides is 1. The molecule has 9 heteroatoms. The lowest BCUT2D eigenvalue weighted by Crippen LogP contribution is -2.60. The molecule has 6 N–H and O–H groups in total. The lowest BCUT2D eigenvalue weighted by Gasteiger charge is -2.40. The van der Waals surface area contributed by atoms with Crippen molar-refractivity contribution in [3.63, 3.8) is 0 Å². The lowest BCUT2D eigenvalue weighted by molar-refractivity contribution is -0.302. The first-order valence-corrected chi connectivity index (χ1v) is 16.9. The summed E-state index contributed by atoms with van der Waals surface area (Å²) >= 11 is 0. The second-order valence-electron chi connectivity index (χ2n) is 12.0. The standard InChI is InChI=1S/C33H63NO8/c1-3-5-7-9-11-12-13-14-15-17-18-20-22-27(36)26(34-29(37)23-21-19-16-10-8-6-4-2)25-41-33-32(40)31(39)30(38)28(24-35)42-33/h14-15,26-28,30-33,35-36,38-40H,3-13,16-25H2,1-2H3,(H,34,37)/b15-14+/t26-,27+,28+,30+,31?,32?,33+/m0/s1. The minimum absolute atomic E-state index is 0.148. The minimum Gasteiger partial charge on any atom is -0.394 e. The molecule has 1 saturated heterocycles. The van der Waals surface area contributed by atoms with Crippen LogP contribution in [0.25, 0.3) is 0 Å². The first kappa shape index (κ1) is 39.0. The summed E-state index contributed by atoms with van der Waals surface area (Å²) in [5.74, 6) is -0.164. The molecule has 0 bridgehead atoms. The van der Waals surface area contributed by atoms with Crippen LogP contribution >= 0.6 is 0 Å². The first-order chi connectivity index (χ1) is 20.3. The van der Waals surface area contributed by atoms with Gasteiger partial charge in [0.15, 0.2) is 6.29 Å². The average molecular weight is 602 g/mol. The summed E-state index contributed by atoms with van der Waals surface area (Å²) in [5.41, 5.74) is 0. The Labute approximate surface area is 255 Å². The summed E-state index contributed by atoms with van der Waals surface area (Å²) < 4.78 is 11.1. The summed E-state index contributed by atoms with van der Waals surface area (Å²) in [6.07, 6.45) is 16.7. The van der Waals surface area contributed by atoms with Crippen molar-refractivity contribution in [3.8, 4) is 0 Å². The van der Waals surface area contributed by atoms with Gasteiger partial charge in [-0.3, -0.25) is 4.79 Å². The molecule has 1 fully saturated rings. The van der Waals surface area contributed by atoms with Gasteiger partial charge in [0.25, 0.3) is 0 Å². The zero-order chi connectivity index (χ0) is 31.0. The Bertz CT molecular complexity index is 676. The Balaban J connectivity index is 2.51. The van der Waals surface area contributed by atoms with Gasteiger partial charge in [-0.1, -0.05) is 103 Å². The highest BCUT2D eigenvalue weighted by Crippen LogP contribution is 2.22. The summed E-state index contributed by atoms with van der Waals surface area (Å²) in [6, 6.07) is -0.724. The van der Waals surface area contributed by atoms with E-state index in [9.17, 15) is 30.3 Å². The van der Waals surface area contributed by atoms with Gasteiger partial charge in [-0.2, -0.15) is 0 Å². The van der Waals surface area contributed by atoms with Crippen molar-refractivity contribution >= 4 is 5.91 Å². The Morgan fingerprint density at radius 3 is 1.93 bits per heavy atom. The molecule has 1 aliphatic rings. The third-order valence-corrected chi connectivity index (χ3v) is 8.12. The van der Waals surface area contributed by atoms with Gasteiger partial charge in [-0.25, -0.2) is 0 Å². The largest absolute Gasteiger partial charge is 0.394 e. The van der Waals surface area contributed by atoms with E-state index in [0.717, 1.165) is 44.9 Å². The quantitative estimate of drug-likeness (QED) is 0.0620. The van der Waals surface area contributed by atoms with Gasteiger partial charge in [-0.05, 0) is 38.5 Å². The van der Waals surface area contributed by atoms with Crippen LogP contribution in [0, 0.1) is 0 Å². The van der Waals surface area contributed by atoms with Gasteiger partial charge in [-0.15, -0.1) is 0 Å². The zero-order valence-corrected chi connectivity index (χ0v) is 26.5. The molecule has 1 aliphatic heterocycles. The SMILES string of the molecule is CCCCCCCC/C=C/CCCC[C@@H](O)[C@H](CO[C@@H]1O[C@H](CO)[C@@H](O)C(O)C1O)NC(=O)CCCCCCCCC. The lowest BCUT2D eigenvalue weighted by atomic mass is 9.99. The van der Waals surface area contributed by atoms with Gasteiger partial charge in [0.1, 0.15) is 24.4 Å². The molecular formula is C33H63NO8. The number of allylic oxidation sites excluding steroid dienone is 2. The second kappa shape index (κ2) is 25.3. The van der Waals surface area contributed by atoms with Crippen LogP contribution in [-0.4, -0.2) is 87.5 Å². The molecule has 0 saturated carbocycles. The van der Waals surface area contributed by atoms with Gasteiger partial charge < -0.3 is 40.3 Å². The fraction of sp³-hybridized carbons (Fsp3) is 0.909. The van der Waals surface area contributed by atoms with Crippen molar-refractivity contribution in [3.05, 3.63) is 12.2 Å². The Hall–Kier alpha value is -1.07.